The Balaban J connectivity index is 0.00000242. The molecule has 1 fully saturated rings. The predicted molar refractivity (Wildman–Crippen MR) is 90.0 cm³/mol. The molecule has 1 aliphatic rings. The van der Waals surface area contributed by atoms with E-state index in [4.69, 9.17) is 10.5 Å². The van der Waals surface area contributed by atoms with E-state index in [1.165, 1.54) is 0 Å². The van der Waals surface area contributed by atoms with E-state index in [1.54, 1.807) is 28.6 Å². The topological polar surface area (TPSA) is 72.6 Å². The lowest BCUT2D eigenvalue weighted by molar-refractivity contribution is 0.250. The minimum absolute atomic E-state index is 0. The number of benzene rings is 1. The van der Waals surface area contributed by atoms with Crippen LogP contribution in [0.1, 0.15) is 26.7 Å². The summed E-state index contributed by atoms with van der Waals surface area (Å²) in [4.78, 5) is 0.299. The van der Waals surface area contributed by atoms with E-state index in [1.807, 2.05) is 13.8 Å². The predicted octanol–water partition coefficient (Wildman–Crippen LogP) is 2.26. The van der Waals surface area contributed by atoms with Crippen molar-refractivity contribution in [3.8, 4) is 5.75 Å². The minimum atomic E-state index is -3.44. The standard InChI is InChI=1S/C15H24N2O3S.ClH/c1-3-20-14-5-4-6-15(11-14)21(18,19)17-9-7-13(8-10-17)12(2)16;/h4-6,11-13H,3,7-10,16H2,1-2H3;1H. The molecule has 7 heteroatoms. The summed E-state index contributed by atoms with van der Waals surface area (Å²) in [7, 11) is -3.44. The van der Waals surface area contributed by atoms with Crippen molar-refractivity contribution in [2.24, 2.45) is 11.7 Å². The molecule has 0 aromatic heterocycles. The maximum Gasteiger partial charge on any atom is 0.243 e. The Labute approximate surface area is 139 Å². The highest BCUT2D eigenvalue weighted by atomic mass is 35.5. The van der Waals surface area contributed by atoms with Gasteiger partial charge in [-0.2, -0.15) is 4.31 Å². The second-order valence-corrected chi connectivity index (χ2v) is 7.45. The van der Waals surface area contributed by atoms with Crippen LogP contribution in [0.15, 0.2) is 29.2 Å². The summed E-state index contributed by atoms with van der Waals surface area (Å²) in [6, 6.07) is 6.82. The summed E-state index contributed by atoms with van der Waals surface area (Å²) in [5.74, 6) is 0.996. The molecule has 2 rings (SSSR count). The maximum atomic E-state index is 12.7. The molecule has 126 valence electrons. The number of nitrogens with zero attached hydrogens (tertiary/aromatic N) is 1. The molecule has 1 aromatic carbocycles. The van der Waals surface area contributed by atoms with Gasteiger partial charge in [0, 0.05) is 25.2 Å². The molecule has 1 aromatic rings. The fraction of sp³-hybridized carbons (Fsp3) is 0.600. The second-order valence-electron chi connectivity index (χ2n) is 5.51. The second kappa shape index (κ2) is 8.15. The van der Waals surface area contributed by atoms with Crippen molar-refractivity contribution in [2.45, 2.75) is 37.6 Å². The number of halogens is 1. The number of rotatable bonds is 5. The van der Waals surface area contributed by atoms with Gasteiger partial charge in [0.2, 0.25) is 10.0 Å². The van der Waals surface area contributed by atoms with E-state index in [0.29, 0.717) is 36.3 Å². The first-order chi connectivity index (χ1) is 9.95. The highest BCUT2D eigenvalue weighted by Crippen LogP contribution is 2.26. The van der Waals surface area contributed by atoms with Gasteiger partial charge in [0.1, 0.15) is 5.75 Å². The highest BCUT2D eigenvalue weighted by Gasteiger charge is 2.30. The van der Waals surface area contributed by atoms with Crippen molar-refractivity contribution in [1.82, 2.24) is 4.31 Å². The van der Waals surface area contributed by atoms with Gasteiger partial charge in [-0.05, 0) is 44.7 Å². The van der Waals surface area contributed by atoms with Crippen molar-refractivity contribution in [3.63, 3.8) is 0 Å². The molecule has 2 N–H and O–H groups in total. The van der Waals surface area contributed by atoms with E-state index in [9.17, 15) is 8.42 Å². The van der Waals surface area contributed by atoms with Gasteiger partial charge in [-0.1, -0.05) is 6.07 Å². The van der Waals surface area contributed by atoms with Gasteiger partial charge in [0.15, 0.2) is 0 Å². The summed E-state index contributed by atoms with van der Waals surface area (Å²) in [5.41, 5.74) is 5.90. The van der Waals surface area contributed by atoms with Crippen molar-refractivity contribution in [3.05, 3.63) is 24.3 Å². The smallest absolute Gasteiger partial charge is 0.243 e. The Morgan fingerprint density at radius 2 is 2.00 bits per heavy atom. The van der Waals surface area contributed by atoms with Crippen LogP contribution < -0.4 is 10.5 Å². The molecule has 1 heterocycles. The number of hydrogen-bond acceptors (Lipinski definition) is 4. The first-order valence-electron chi connectivity index (χ1n) is 7.43. The van der Waals surface area contributed by atoms with E-state index in [2.05, 4.69) is 0 Å². The van der Waals surface area contributed by atoms with Gasteiger partial charge in [-0.25, -0.2) is 8.42 Å². The molecular weight excluding hydrogens is 324 g/mol. The fourth-order valence-corrected chi connectivity index (χ4v) is 4.19. The van der Waals surface area contributed by atoms with Crippen LogP contribution in [0.2, 0.25) is 0 Å². The van der Waals surface area contributed by atoms with Gasteiger partial charge in [0.05, 0.1) is 11.5 Å². The average Bonchev–Trinajstić information content (AvgIpc) is 2.48. The Morgan fingerprint density at radius 1 is 1.36 bits per heavy atom. The third-order valence-electron chi connectivity index (χ3n) is 4.00. The Morgan fingerprint density at radius 3 is 2.55 bits per heavy atom. The van der Waals surface area contributed by atoms with Gasteiger partial charge in [0.25, 0.3) is 0 Å². The van der Waals surface area contributed by atoms with Crippen molar-refractivity contribution in [2.75, 3.05) is 19.7 Å². The van der Waals surface area contributed by atoms with Crippen LogP contribution >= 0.6 is 12.4 Å². The van der Waals surface area contributed by atoms with Crippen LogP contribution in [0, 0.1) is 5.92 Å². The van der Waals surface area contributed by atoms with E-state index < -0.39 is 10.0 Å². The molecule has 1 saturated heterocycles. The molecule has 0 bridgehead atoms. The number of hydrogen-bond donors (Lipinski definition) is 1. The van der Waals surface area contributed by atoms with Crippen LogP contribution in [0.3, 0.4) is 0 Å². The third-order valence-corrected chi connectivity index (χ3v) is 5.89. The monoisotopic (exact) mass is 348 g/mol. The zero-order valence-corrected chi connectivity index (χ0v) is 14.7. The lowest BCUT2D eigenvalue weighted by Crippen LogP contribution is -2.42. The maximum absolute atomic E-state index is 12.7. The molecule has 1 unspecified atom stereocenters. The van der Waals surface area contributed by atoms with Crippen LogP contribution in [-0.2, 0) is 10.0 Å². The van der Waals surface area contributed by atoms with E-state index in [-0.39, 0.29) is 18.4 Å². The lowest BCUT2D eigenvalue weighted by Gasteiger charge is -2.32. The zero-order valence-electron chi connectivity index (χ0n) is 13.1. The van der Waals surface area contributed by atoms with Crippen LogP contribution in [0.5, 0.6) is 5.75 Å². The summed E-state index contributed by atoms with van der Waals surface area (Å²) in [6.07, 6.45) is 1.64. The SMILES string of the molecule is CCOc1cccc(S(=O)(=O)N2CCC(C(C)N)CC2)c1.Cl. The molecule has 0 saturated carbocycles. The van der Waals surface area contributed by atoms with Crippen LogP contribution in [0.25, 0.3) is 0 Å². The molecule has 0 amide bonds. The minimum Gasteiger partial charge on any atom is -0.494 e. The van der Waals surface area contributed by atoms with Crippen molar-refractivity contribution < 1.29 is 13.2 Å². The number of ether oxygens (including phenoxy) is 1. The zero-order chi connectivity index (χ0) is 15.5. The largest absolute Gasteiger partial charge is 0.494 e. The average molecular weight is 349 g/mol. The molecule has 1 aliphatic heterocycles. The van der Waals surface area contributed by atoms with E-state index >= 15 is 0 Å². The van der Waals surface area contributed by atoms with Gasteiger partial charge in [-0.3, -0.25) is 0 Å². The highest BCUT2D eigenvalue weighted by molar-refractivity contribution is 7.89. The number of nitrogens with two attached hydrogens (primary N) is 1. The molecule has 5 nitrogen and oxygen atoms in total. The van der Waals surface area contributed by atoms with Gasteiger partial charge in [-0.15, -0.1) is 12.4 Å². The molecule has 0 spiro atoms. The summed E-state index contributed by atoms with van der Waals surface area (Å²) in [6.45, 7) is 5.45. The van der Waals surface area contributed by atoms with E-state index in [0.717, 1.165) is 12.8 Å². The molecule has 22 heavy (non-hydrogen) atoms. The quantitative estimate of drug-likeness (QED) is 0.885. The normalized spacial score (nSPS) is 18.5. The summed E-state index contributed by atoms with van der Waals surface area (Å²) >= 11 is 0. The molecule has 0 radical (unpaired) electrons. The molecule has 1 atom stereocenters. The van der Waals surface area contributed by atoms with Crippen LogP contribution in [-0.4, -0.2) is 38.5 Å². The lowest BCUT2D eigenvalue weighted by atomic mass is 9.92. The first kappa shape index (κ1) is 19.2. The Bertz CT molecular complexity index is 570. The number of piperidine rings is 1. The summed E-state index contributed by atoms with van der Waals surface area (Å²) in [5, 5.41) is 0. The Hall–Kier alpha value is -0.820. The van der Waals surface area contributed by atoms with Crippen molar-refractivity contribution >= 4 is 22.4 Å². The molecule has 0 aliphatic carbocycles. The van der Waals surface area contributed by atoms with Gasteiger partial charge >= 0.3 is 0 Å². The third kappa shape index (κ3) is 4.35. The number of sulfonamides is 1. The Kier molecular flexibility index (Phi) is 7.12. The fourth-order valence-electron chi connectivity index (χ4n) is 2.68. The van der Waals surface area contributed by atoms with Crippen molar-refractivity contribution in [1.29, 1.82) is 0 Å². The van der Waals surface area contributed by atoms with Crippen LogP contribution in [0.4, 0.5) is 0 Å². The van der Waals surface area contributed by atoms with Gasteiger partial charge < -0.3 is 10.5 Å². The molecular formula is C15H25ClN2O3S. The summed E-state index contributed by atoms with van der Waals surface area (Å²) < 4.78 is 32.2. The first-order valence-corrected chi connectivity index (χ1v) is 8.87.